The van der Waals surface area contributed by atoms with E-state index in [0.29, 0.717) is 3.83 Å². The quantitative estimate of drug-likeness (QED) is 0.726. The molecule has 0 atom stereocenters. The second kappa shape index (κ2) is 4.28. The van der Waals surface area contributed by atoms with Crippen LogP contribution in [0, 0.1) is 3.83 Å². The lowest BCUT2D eigenvalue weighted by Gasteiger charge is -2.09. The lowest BCUT2D eigenvalue weighted by molar-refractivity contribution is -0.137. The molecule has 0 N–H and O–H groups in total. The van der Waals surface area contributed by atoms with Gasteiger partial charge >= 0.3 is 6.18 Å². The highest BCUT2D eigenvalue weighted by molar-refractivity contribution is 14.1. The number of halogens is 4. The zero-order valence-corrected chi connectivity index (χ0v) is 10.6. The third kappa shape index (κ3) is 2.34. The Kier molecular flexibility index (Phi) is 3.15. The first kappa shape index (κ1) is 11.8. The van der Waals surface area contributed by atoms with Crippen molar-refractivity contribution in [2.75, 3.05) is 0 Å². The minimum atomic E-state index is -4.37. The minimum Gasteiger partial charge on any atom is -0.210 e. The summed E-state index contributed by atoms with van der Waals surface area (Å²) in [5.74, 6) is 0. The van der Waals surface area contributed by atoms with Crippen LogP contribution in [0.3, 0.4) is 0 Å². The van der Waals surface area contributed by atoms with Gasteiger partial charge in [0, 0.05) is 28.2 Å². The molecule has 0 radical (unpaired) electrons. The van der Waals surface area contributed by atoms with E-state index in [1.807, 2.05) is 22.6 Å². The highest BCUT2D eigenvalue weighted by Crippen LogP contribution is 2.37. The summed E-state index contributed by atoms with van der Waals surface area (Å²) in [6.45, 7) is 0. The first-order valence-electron chi connectivity index (χ1n) is 4.14. The molecule has 7 heteroatoms. The number of nitrogens with zero attached hydrogens (tertiary/aromatic N) is 2. The summed E-state index contributed by atoms with van der Waals surface area (Å²) in [6.07, 6.45) is -4.37. The van der Waals surface area contributed by atoms with Gasteiger partial charge in [-0.05, 0) is 17.6 Å². The smallest absolute Gasteiger partial charge is 0.210 e. The van der Waals surface area contributed by atoms with Gasteiger partial charge in [-0.3, -0.25) is 0 Å². The monoisotopic (exact) mass is 356 g/mol. The summed E-state index contributed by atoms with van der Waals surface area (Å²) >= 11 is 2.83. The average molecular weight is 356 g/mol. The molecule has 0 saturated carbocycles. The second-order valence-electron chi connectivity index (χ2n) is 2.91. The van der Waals surface area contributed by atoms with Crippen molar-refractivity contribution in [1.82, 2.24) is 9.36 Å². The Morgan fingerprint density at radius 3 is 2.44 bits per heavy atom. The van der Waals surface area contributed by atoms with Gasteiger partial charge in [0.1, 0.15) is 5.01 Å². The van der Waals surface area contributed by atoms with E-state index in [1.165, 1.54) is 12.1 Å². The molecule has 0 bridgehead atoms. The van der Waals surface area contributed by atoms with Gasteiger partial charge in [0.2, 0.25) is 3.83 Å². The Morgan fingerprint density at radius 2 is 1.88 bits per heavy atom. The molecule has 0 fully saturated rings. The number of hydrogen-bond acceptors (Lipinski definition) is 3. The third-order valence-electron chi connectivity index (χ3n) is 1.86. The molecule has 0 saturated heterocycles. The van der Waals surface area contributed by atoms with Crippen molar-refractivity contribution in [2.24, 2.45) is 0 Å². The van der Waals surface area contributed by atoms with E-state index >= 15 is 0 Å². The van der Waals surface area contributed by atoms with Gasteiger partial charge in [0.15, 0.2) is 0 Å². The van der Waals surface area contributed by atoms with Crippen LogP contribution in [0.25, 0.3) is 10.6 Å². The Hall–Kier alpha value is -0.700. The van der Waals surface area contributed by atoms with Crippen LogP contribution >= 0.6 is 34.1 Å². The number of benzene rings is 1. The highest BCUT2D eigenvalue weighted by Gasteiger charge is 2.34. The molecule has 0 aliphatic carbocycles. The topological polar surface area (TPSA) is 25.8 Å². The highest BCUT2D eigenvalue weighted by atomic mass is 127. The van der Waals surface area contributed by atoms with E-state index in [2.05, 4.69) is 9.36 Å². The van der Waals surface area contributed by atoms with Gasteiger partial charge in [-0.2, -0.15) is 17.5 Å². The van der Waals surface area contributed by atoms with E-state index in [4.69, 9.17) is 0 Å². The fourth-order valence-corrected chi connectivity index (χ4v) is 2.54. The zero-order valence-electron chi connectivity index (χ0n) is 7.62. The van der Waals surface area contributed by atoms with Crippen molar-refractivity contribution in [2.45, 2.75) is 6.18 Å². The van der Waals surface area contributed by atoms with Crippen LogP contribution in [-0.2, 0) is 6.18 Å². The molecule has 0 aliphatic rings. The first-order valence-corrected chi connectivity index (χ1v) is 5.99. The van der Waals surface area contributed by atoms with Gasteiger partial charge < -0.3 is 0 Å². The van der Waals surface area contributed by atoms with Gasteiger partial charge in [0.25, 0.3) is 0 Å². The summed E-state index contributed by atoms with van der Waals surface area (Å²) in [4.78, 5) is 3.95. The zero-order chi connectivity index (χ0) is 11.8. The summed E-state index contributed by atoms with van der Waals surface area (Å²) < 4.78 is 42.4. The maximum Gasteiger partial charge on any atom is 0.417 e. The van der Waals surface area contributed by atoms with E-state index in [1.54, 1.807) is 6.07 Å². The van der Waals surface area contributed by atoms with E-state index in [-0.39, 0.29) is 10.6 Å². The summed E-state index contributed by atoms with van der Waals surface area (Å²) in [5.41, 5.74) is -0.599. The predicted octanol–water partition coefficient (Wildman–Crippen LogP) is 3.83. The molecule has 1 heterocycles. The number of rotatable bonds is 1. The summed E-state index contributed by atoms with van der Waals surface area (Å²) in [5, 5.41) is 0.289. The molecule has 1 aromatic carbocycles. The molecule has 16 heavy (non-hydrogen) atoms. The van der Waals surface area contributed by atoms with Gasteiger partial charge in [0.05, 0.1) is 5.56 Å². The van der Waals surface area contributed by atoms with Crippen molar-refractivity contribution < 1.29 is 13.2 Å². The normalized spacial score (nSPS) is 11.8. The maximum absolute atomic E-state index is 12.7. The van der Waals surface area contributed by atoms with Crippen molar-refractivity contribution in [3.8, 4) is 10.6 Å². The standard InChI is InChI=1S/C9H4F3IN2S/c10-9(11,12)6-4-2-1-3-5(6)7-14-8(13)15-16-7/h1-4H. The Labute approximate surface area is 107 Å². The van der Waals surface area contributed by atoms with Crippen LogP contribution < -0.4 is 0 Å². The number of hydrogen-bond donors (Lipinski definition) is 0. The molecule has 84 valence electrons. The van der Waals surface area contributed by atoms with Crippen LogP contribution in [-0.4, -0.2) is 9.36 Å². The lowest BCUT2D eigenvalue weighted by atomic mass is 10.1. The molecule has 2 rings (SSSR count). The number of aromatic nitrogens is 2. The second-order valence-corrected chi connectivity index (χ2v) is 4.63. The van der Waals surface area contributed by atoms with Crippen molar-refractivity contribution in [3.63, 3.8) is 0 Å². The molecule has 1 aromatic heterocycles. The number of alkyl halides is 3. The molecule has 0 unspecified atom stereocenters. The van der Waals surface area contributed by atoms with Crippen LogP contribution in [0.5, 0.6) is 0 Å². The van der Waals surface area contributed by atoms with Gasteiger partial charge in [-0.25, -0.2) is 4.98 Å². The molecular weight excluding hydrogens is 352 g/mol. The summed E-state index contributed by atoms with van der Waals surface area (Å²) in [6, 6.07) is 5.36. The molecule has 0 aliphatic heterocycles. The summed E-state index contributed by atoms with van der Waals surface area (Å²) in [7, 11) is 0. The maximum atomic E-state index is 12.7. The van der Waals surface area contributed by atoms with Crippen molar-refractivity contribution >= 4 is 34.1 Å². The lowest BCUT2D eigenvalue weighted by Crippen LogP contribution is -2.06. The predicted molar refractivity (Wildman–Crippen MR) is 63.1 cm³/mol. The Morgan fingerprint density at radius 1 is 1.19 bits per heavy atom. The SMILES string of the molecule is FC(F)(F)c1ccccc1-c1nc(I)ns1. The Balaban J connectivity index is 2.57. The third-order valence-corrected chi connectivity index (χ3v) is 3.42. The van der Waals surface area contributed by atoms with E-state index in [9.17, 15) is 13.2 Å². The van der Waals surface area contributed by atoms with Crippen molar-refractivity contribution in [1.29, 1.82) is 0 Å². The van der Waals surface area contributed by atoms with Crippen LogP contribution in [0.1, 0.15) is 5.56 Å². The van der Waals surface area contributed by atoms with E-state index < -0.39 is 11.7 Å². The van der Waals surface area contributed by atoms with E-state index in [0.717, 1.165) is 17.6 Å². The largest absolute Gasteiger partial charge is 0.417 e. The fourth-order valence-electron chi connectivity index (χ4n) is 1.23. The van der Waals surface area contributed by atoms with Crippen LogP contribution in [0.15, 0.2) is 24.3 Å². The van der Waals surface area contributed by atoms with Gasteiger partial charge in [-0.15, -0.1) is 0 Å². The van der Waals surface area contributed by atoms with Gasteiger partial charge in [-0.1, -0.05) is 18.2 Å². The molecule has 2 aromatic rings. The first-order chi connectivity index (χ1) is 7.48. The molecule has 0 spiro atoms. The average Bonchev–Trinajstić information content (AvgIpc) is 2.64. The molecule has 2 nitrogen and oxygen atoms in total. The molecule has 0 amide bonds. The van der Waals surface area contributed by atoms with Crippen LogP contribution in [0.4, 0.5) is 13.2 Å². The fraction of sp³-hybridized carbons (Fsp3) is 0.111. The Bertz CT molecular complexity index is 509. The molecular formula is C9H4F3IN2S. The minimum absolute atomic E-state index is 0.0791. The van der Waals surface area contributed by atoms with Crippen molar-refractivity contribution in [3.05, 3.63) is 33.7 Å². The van der Waals surface area contributed by atoms with Crippen LogP contribution in [0.2, 0.25) is 0 Å².